The van der Waals surface area contributed by atoms with Crippen molar-refractivity contribution in [1.82, 2.24) is 4.90 Å². The van der Waals surface area contributed by atoms with Gasteiger partial charge in [-0.3, -0.25) is 4.90 Å². The van der Waals surface area contributed by atoms with E-state index >= 15 is 0 Å². The lowest BCUT2D eigenvalue weighted by atomic mass is 9.95. The normalized spacial score (nSPS) is 33.8. The molecule has 2 heterocycles. The molecule has 2 saturated heterocycles. The molecule has 2 aliphatic rings. The lowest BCUT2D eigenvalue weighted by Crippen LogP contribution is -2.45. The van der Waals surface area contributed by atoms with Crippen LogP contribution >= 0.6 is 0 Å². The van der Waals surface area contributed by atoms with Crippen molar-refractivity contribution >= 4 is 0 Å². The first kappa shape index (κ1) is 12.3. The Morgan fingerprint density at radius 3 is 2.62 bits per heavy atom. The van der Waals surface area contributed by atoms with Crippen LogP contribution in [0.3, 0.4) is 0 Å². The summed E-state index contributed by atoms with van der Waals surface area (Å²) in [6, 6.07) is 0.561. The number of hydrogen-bond donors (Lipinski definition) is 1. The molecule has 0 radical (unpaired) electrons. The first-order valence-electron chi connectivity index (χ1n) is 6.74. The molecule has 0 aliphatic carbocycles. The predicted molar refractivity (Wildman–Crippen MR) is 66.3 cm³/mol. The minimum absolute atomic E-state index is 0.561. The van der Waals surface area contributed by atoms with Crippen molar-refractivity contribution in [3.05, 3.63) is 0 Å². The Morgan fingerprint density at radius 1 is 1.31 bits per heavy atom. The summed E-state index contributed by atoms with van der Waals surface area (Å²) in [5.74, 6) is 2.36. The minimum atomic E-state index is 0.561. The van der Waals surface area contributed by atoms with E-state index in [9.17, 15) is 0 Å². The highest BCUT2D eigenvalue weighted by Crippen LogP contribution is 2.29. The van der Waals surface area contributed by atoms with Gasteiger partial charge in [0.25, 0.3) is 0 Å². The Morgan fingerprint density at radius 2 is 2.12 bits per heavy atom. The van der Waals surface area contributed by atoms with Gasteiger partial charge in [-0.1, -0.05) is 13.8 Å². The number of rotatable bonds is 4. The fourth-order valence-corrected chi connectivity index (χ4v) is 3.16. The average molecular weight is 226 g/mol. The summed E-state index contributed by atoms with van der Waals surface area (Å²) < 4.78 is 5.49. The van der Waals surface area contributed by atoms with E-state index in [1.54, 1.807) is 0 Å². The molecule has 0 aromatic carbocycles. The molecule has 2 fully saturated rings. The summed E-state index contributed by atoms with van der Waals surface area (Å²) in [4.78, 5) is 2.62. The maximum absolute atomic E-state index is 5.96. The molecule has 94 valence electrons. The van der Waals surface area contributed by atoms with Gasteiger partial charge in [-0.2, -0.15) is 0 Å². The van der Waals surface area contributed by atoms with Crippen LogP contribution in [0.15, 0.2) is 0 Å². The monoisotopic (exact) mass is 226 g/mol. The van der Waals surface area contributed by atoms with Gasteiger partial charge in [0.2, 0.25) is 0 Å². The third kappa shape index (κ3) is 2.58. The van der Waals surface area contributed by atoms with Crippen LogP contribution in [0.2, 0.25) is 0 Å². The van der Waals surface area contributed by atoms with Gasteiger partial charge < -0.3 is 10.5 Å². The van der Waals surface area contributed by atoms with Crippen molar-refractivity contribution in [1.29, 1.82) is 0 Å². The Balaban J connectivity index is 1.90. The van der Waals surface area contributed by atoms with Gasteiger partial charge in [0.1, 0.15) is 0 Å². The Kier molecular flexibility index (Phi) is 4.22. The molecule has 0 aromatic rings. The quantitative estimate of drug-likeness (QED) is 0.786. The molecular formula is C13H26N2O. The van der Waals surface area contributed by atoms with E-state index in [0.29, 0.717) is 12.0 Å². The molecule has 0 amide bonds. The Bertz CT molecular complexity index is 214. The highest BCUT2D eigenvalue weighted by Gasteiger charge is 2.34. The molecule has 2 aliphatic heterocycles. The van der Waals surface area contributed by atoms with Crippen molar-refractivity contribution in [2.45, 2.75) is 32.7 Å². The van der Waals surface area contributed by atoms with E-state index in [-0.39, 0.29) is 0 Å². The number of likely N-dealkylation sites (tertiary alicyclic amines) is 1. The molecule has 0 bridgehead atoms. The zero-order chi connectivity index (χ0) is 11.5. The Hall–Kier alpha value is -0.120. The summed E-state index contributed by atoms with van der Waals surface area (Å²) >= 11 is 0. The van der Waals surface area contributed by atoms with Crippen molar-refractivity contribution in [2.75, 3.05) is 32.8 Å². The second kappa shape index (κ2) is 5.48. The number of hydrogen-bond acceptors (Lipinski definition) is 3. The molecule has 0 aromatic heterocycles. The predicted octanol–water partition coefficient (Wildman–Crippen LogP) is 1.33. The van der Waals surface area contributed by atoms with Gasteiger partial charge in [-0.05, 0) is 31.2 Å². The second-order valence-electron chi connectivity index (χ2n) is 5.71. The highest BCUT2D eigenvalue weighted by molar-refractivity contribution is 4.88. The van der Waals surface area contributed by atoms with Gasteiger partial charge in [0.15, 0.2) is 0 Å². The molecule has 3 atom stereocenters. The number of nitrogens with two attached hydrogens (primary N) is 1. The lowest BCUT2D eigenvalue weighted by Gasteiger charge is -2.31. The first-order valence-corrected chi connectivity index (χ1v) is 6.74. The number of nitrogens with zero attached hydrogens (tertiary/aromatic N) is 1. The standard InChI is InChI=1S/C13H26N2O/c1-10(2)11-3-5-15(8-11)13(7-14)12-4-6-16-9-12/h10-13H,3-9,14H2,1-2H3. The summed E-state index contributed by atoms with van der Waals surface area (Å²) in [6.07, 6.45) is 2.55. The molecule has 3 unspecified atom stereocenters. The van der Waals surface area contributed by atoms with E-state index in [1.807, 2.05) is 0 Å². The largest absolute Gasteiger partial charge is 0.381 e. The van der Waals surface area contributed by atoms with Crippen LogP contribution in [-0.4, -0.2) is 43.8 Å². The molecule has 0 spiro atoms. The van der Waals surface area contributed by atoms with Crippen molar-refractivity contribution < 1.29 is 4.74 Å². The smallest absolute Gasteiger partial charge is 0.0510 e. The highest BCUT2D eigenvalue weighted by atomic mass is 16.5. The molecule has 16 heavy (non-hydrogen) atoms. The van der Waals surface area contributed by atoms with Crippen LogP contribution in [0, 0.1) is 17.8 Å². The third-order valence-corrected chi connectivity index (χ3v) is 4.42. The fourth-order valence-electron chi connectivity index (χ4n) is 3.16. The molecule has 0 saturated carbocycles. The minimum Gasteiger partial charge on any atom is -0.381 e. The van der Waals surface area contributed by atoms with Crippen LogP contribution in [0.4, 0.5) is 0 Å². The first-order chi connectivity index (χ1) is 7.72. The topological polar surface area (TPSA) is 38.5 Å². The van der Waals surface area contributed by atoms with Crippen molar-refractivity contribution in [3.8, 4) is 0 Å². The number of ether oxygens (including phenoxy) is 1. The Labute approximate surface area is 99.3 Å². The van der Waals surface area contributed by atoms with Gasteiger partial charge in [0, 0.05) is 31.7 Å². The fraction of sp³-hybridized carbons (Fsp3) is 1.00. The summed E-state index contributed by atoms with van der Waals surface area (Å²) in [5.41, 5.74) is 5.96. The van der Waals surface area contributed by atoms with Gasteiger partial charge >= 0.3 is 0 Å². The second-order valence-corrected chi connectivity index (χ2v) is 5.71. The zero-order valence-electron chi connectivity index (χ0n) is 10.7. The zero-order valence-corrected chi connectivity index (χ0v) is 10.7. The van der Waals surface area contributed by atoms with Crippen LogP contribution < -0.4 is 5.73 Å². The van der Waals surface area contributed by atoms with E-state index in [2.05, 4.69) is 18.7 Å². The van der Waals surface area contributed by atoms with Crippen LogP contribution in [-0.2, 0) is 4.74 Å². The maximum Gasteiger partial charge on any atom is 0.0510 e. The summed E-state index contributed by atoms with van der Waals surface area (Å²) in [7, 11) is 0. The average Bonchev–Trinajstić information content (AvgIpc) is 2.88. The summed E-state index contributed by atoms with van der Waals surface area (Å²) in [6.45, 7) is 9.80. The van der Waals surface area contributed by atoms with Crippen molar-refractivity contribution in [3.63, 3.8) is 0 Å². The van der Waals surface area contributed by atoms with Crippen LogP contribution in [0.5, 0.6) is 0 Å². The van der Waals surface area contributed by atoms with Gasteiger partial charge in [-0.15, -0.1) is 0 Å². The molecule has 2 N–H and O–H groups in total. The van der Waals surface area contributed by atoms with E-state index in [0.717, 1.165) is 31.6 Å². The maximum atomic E-state index is 5.96. The van der Waals surface area contributed by atoms with E-state index in [4.69, 9.17) is 10.5 Å². The van der Waals surface area contributed by atoms with Crippen LogP contribution in [0.25, 0.3) is 0 Å². The molecule has 3 heteroatoms. The van der Waals surface area contributed by atoms with Crippen LogP contribution in [0.1, 0.15) is 26.7 Å². The SMILES string of the molecule is CC(C)C1CCN(C(CN)C2CCOC2)C1. The molecule has 2 rings (SSSR count). The lowest BCUT2D eigenvalue weighted by molar-refractivity contribution is 0.135. The van der Waals surface area contributed by atoms with Gasteiger partial charge in [-0.25, -0.2) is 0 Å². The molecular weight excluding hydrogens is 200 g/mol. The van der Waals surface area contributed by atoms with Gasteiger partial charge in [0.05, 0.1) is 6.61 Å². The molecule has 3 nitrogen and oxygen atoms in total. The van der Waals surface area contributed by atoms with E-state index < -0.39 is 0 Å². The van der Waals surface area contributed by atoms with Crippen molar-refractivity contribution in [2.24, 2.45) is 23.5 Å². The summed E-state index contributed by atoms with van der Waals surface area (Å²) in [5, 5.41) is 0. The third-order valence-electron chi connectivity index (χ3n) is 4.42. The van der Waals surface area contributed by atoms with E-state index in [1.165, 1.54) is 25.9 Å².